The Balaban J connectivity index is 5.57. The molecule has 0 aromatic rings. The topological polar surface area (TPSA) is 0 Å². The third kappa shape index (κ3) is 4.19. The van der Waals surface area contributed by atoms with Crippen LogP contribution in [0.15, 0.2) is 0 Å². The van der Waals surface area contributed by atoms with E-state index in [0.717, 1.165) is 13.8 Å². The summed E-state index contributed by atoms with van der Waals surface area (Å²) < 4.78 is 72.1. The van der Waals surface area contributed by atoms with Crippen molar-refractivity contribution in [3.8, 4) is 0 Å². The minimum absolute atomic E-state index is 0.131. The molecule has 0 aromatic heterocycles. The lowest BCUT2D eigenvalue weighted by atomic mass is 9.65. The average Bonchev–Trinajstić information content (AvgIpc) is 2.43. The molecule has 0 saturated carbocycles. The Labute approximate surface area is 138 Å². The first kappa shape index (κ1) is 22.6. The van der Waals surface area contributed by atoms with E-state index in [-0.39, 0.29) is 12.8 Å². The fraction of sp³-hybridized carbons (Fsp3) is 1.00. The van der Waals surface area contributed by atoms with Gasteiger partial charge in [-0.05, 0) is 24.2 Å². The lowest BCUT2D eigenvalue weighted by Gasteiger charge is -2.48. The Kier molecular flexibility index (Phi) is 6.77. The molecule has 0 saturated heterocycles. The summed E-state index contributed by atoms with van der Waals surface area (Å²) in [5, 5.41) is 0. The molecule has 5 heteroatoms. The largest absolute Gasteiger partial charge is 0.315 e. The third-order valence-electron chi connectivity index (χ3n) is 5.69. The number of alkyl halides is 5. The molecule has 0 aromatic carbocycles. The van der Waals surface area contributed by atoms with Crippen molar-refractivity contribution in [2.75, 3.05) is 6.67 Å². The standard InChI is InChI=1S/C18H33F5/c1-9-13(2)16(7,8)18(22,23)17(20,21)15(5,6)11-10-14(3,4)12-19/h13H,9-12H2,1-8H3. The second-order valence-electron chi connectivity index (χ2n) is 8.86. The Morgan fingerprint density at radius 1 is 0.783 bits per heavy atom. The Hall–Kier alpha value is -0.350. The first-order valence-electron chi connectivity index (χ1n) is 8.32. The van der Waals surface area contributed by atoms with Crippen molar-refractivity contribution < 1.29 is 22.0 Å². The normalized spacial score (nSPS) is 16.6. The lowest BCUT2D eigenvalue weighted by molar-refractivity contribution is -0.312. The van der Waals surface area contributed by atoms with Gasteiger partial charge >= 0.3 is 11.8 Å². The summed E-state index contributed by atoms with van der Waals surface area (Å²) in [6.07, 6.45) is 0.364. The van der Waals surface area contributed by atoms with Crippen LogP contribution in [-0.2, 0) is 0 Å². The highest BCUT2D eigenvalue weighted by atomic mass is 19.3. The monoisotopic (exact) mass is 344 g/mol. The van der Waals surface area contributed by atoms with E-state index in [9.17, 15) is 22.0 Å². The maximum absolute atomic E-state index is 14.8. The van der Waals surface area contributed by atoms with E-state index in [1.54, 1.807) is 27.7 Å². The molecule has 0 heterocycles. The van der Waals surface area contributed by atoms with E-state index in [1.807, 2.05) is 0 Å². The zero-order chi connectivity index (χ0) is 18.9. The summed E-state index contributed by atoms with van der Waals surface area (Å²) in [5.41, 5.74) is -4.54. The number of halogens is 5. The summed E-state index contributed by atoms with van der Waals surface area (Å²) in [6, 6.07) is 0. The predicted molar refractivity (Wildman–Crippen MR) is 85.9 cm³/mol. The fourth-order valence-corrected chi connectivity index (χ4v) is 2.52. The van der Waals surface area contributed by atoms with Gasteiger partial charge in [-0.2, -0.15) is 17.6 Å². The van der Waals surface area contributed by atoms with Crippen molar-refractivity contribution in [1.29, 1.82) is 0 Å². The molecule has 23 heavy (non-hydrogen) atoms. The first-order valence-corrected chi connectivity index (χ1v) is 8.32. The SMILES string of the molecule is CCC(C)C(C)(C)C(F)(F)C(F)(F)C(C)(C)CCC(C)(C)CF. The Morgan fingerprint density at radius 3 is 1.57 bits per heavy atom. The predicted octanol–water partition coefficient (Wildman–Crippen LogP) is 7.13. The van der Waals surface area contributed by atoms with Crippen molar-refractivity contribution in [3.05, 3.63) is 0 Å². The zero-order valence-corrected chi connectivity index (χ0v) is 15.8. The van der Waals surface area contributed by atoms with Crippen LogP contribution in [0.2, 0.25) is 0 Å². The Morgan fingerprint density at radius 2 is 1.22 bits per heavy atom. The van der Waals surface area contributed by atoms with Crippen LogP contribution in [0.4, 0.5) is 22.0 Å². The van der Waals surface area contributed by atoms with Gasteiger partial charge in [0.25, 0.3) is 0 Å². The van der Waals surface area contributed by atoms with Crippen molar-refractivity contribution in [2.45, 2.75) is 86.5 Å². The third-order valence-corrected chi connectivity index (χ3v) is 5.69. The van der Waals surface area contributed by atoms with Crippen molar-refractivity contribution in [1.82, 2.24) is 0 Å². The van der Waals surface area contributed by atoms with Crippen molar-refractivity contribution >= 4 is 0 Å². The minimum atomic E-state index is -4.18. The molecular weight excluding hydrogens is 311 g/mol. The molecule has 0 aliphatic heterocycles. The van der Waals surface area contributed by atoms with Crippen LogP contribution in [0.5, 0.6) is 0 Å². The second kappa shape index (κ2) is 6.87. The van der Waals surface area contributed by atoms with Crippen LogP contribution in [0.1, 0.15) is 74.7 Å². The fourth-order valence-electron chi connectivity index (χ4n) is 2.52. The molecule has 0 aliphatic rings. The summed E-state index contributed by atoms with van der Waals surface area (Å²) in [6.45, 7) is 10.6. The summed E-state index contributed by atoms with van der Waals surface area (Å²) >= 11 is 0. The molecule has 1 unspecified atom stereocenters. The van der Waals surface area contributed by atoms with E-state index in [2.05, 4.69) is 0 Å². The van der Waals surface area contributed by atoms with Gasteiger partial charge in [-0.25, -0.2) is 0 Å². The van der Waals surface area contributed by atoms with Crippen molar-refractivity contribution in [2.24, 2.45) is 22.2 Å². The number of hydrogen-bond donors (Lipinski definition) is 0. The van der Waals surface area contributed by atoms with E-state index < -0.39 is 40.7 Å². The molecule has 0 nitrogen and oxygen atoms in total. The molecule has 0 aliphatic carbocycles. The lowest BCUT2D eigenvalue weighted by Crippen LogP contribution is -2.60. The molecule has 0 fully saturated rings. The van der Waals surface area contributed by atoms with Gasteiger partial charge in [-0.3, -0.25) is 4.39 Å². The van der Waals surface area contributed by atoms with Gasteiger partial charge in [-0.15, -0.1) is 0 Å². The summed E-state index contributed by atoms with van der Waals surface area (Å²) in [4.78, 5) is 0. The highest BCUT2D eigenvalue weighted by Gasteiger charge is 2.70. The molecule has 0 spiro atoms. The molecule has 0 rings (SSSR count). The van der Waals surface area contributed by atoms with Gasteiger partial charge in [-0.1, -0.05) is 61.8 Å². The van der Waals surface area contributed by atoms with E-state index in [1.165, 1.54) is 13.8 Å². The van der Waals surface area contributed by atoms with E-state index in [4.69, 9.17) is 0 Å². The maximum atomic E-state index is 14.8. The highest BCUT2D eigenvalue weighted by molar-refractivity contribution is 5.04. The van der Waals surface area contributed by atoms with Crippen LogP contribution in [0.25, 0.3) is 0 Å². The maximum Gasteiger partial charge on any atom is 0.315 e. The molecule has 0 amide bonds. The minimum Gasteiger partial charge on any atom is -0.251 e. The number of rotatable bonds is 9. The van der Waals surface area contributed by atoms with Crippen LogP contribution < -0.4 is 0 Å². The molecule has 140 valence electrons. The summed E-state index contributed by atoms with van der Waals surface area (Å²) in [5.74, 6) is -8.89. The summed E-state index contributed by atoms with van der Waals surface area (Å²) in [7, 11) is 0. The van der Waals surface area contributed by atoms with Gasteiger partial charge < -0.3 is 0 Å². The molecule has 0 N–H and O–H groups in total. The van der Waals surface area contributed by atoms with Gasteiger partial charge in [0.05, 0.1) is 6.67 Å². The molecular formula is C18H33F5. The van der Waals surface area contributed by atoms with Gasteiger partial charge in [0.15, 0.2) is 0 Å². The van der Waals surface area contributed by atoms with Crippen LogP contribution in [0.3, 0.4) is 0 Å². The molecule has 0 bridgehead atoms. The van der Waals surface area contributed by atoms with Crippen molar-refractivity contribution in [3.63, 3.8) is 0 Å². The second-order valence-corrected chi connectivity index (χ2v) is 8.86. The number of hydrogen-bond acceptors (Lipinski definition) is 0. The smallest absolute Gasteiger partial charge is 0.251 e. The highest BCUT2D eigenvalue weighted by Crippen LogP contribution is 2.59. The van der Waals surface area contributed by atoms with E-state index in [0.29, 0.717) is 6.42 Å². The molecule has 0 radical (unpaired) electrons. The first-order chi connectivity index (χ1) is 10.00. The molecule has 1 atom stereocenters. The van der Waals surface area contributed by atoms with Crippen LogP contribution in [0, 0.1) is 22.2 Å². The van der Waals surface area contributed by atoms with E-state index >= 15 is 0 Å². The zero-order valence-electron chi connectivity index (χ0n) is 15.8. The van der Waals surface area contributed by atoms with Crippen LogP contribution >= 0.6 is 0 Å². The van der Waals surface area contributed by atoms with Gasteiger partial charge in [0.1, 0.15) is 0 Å². The van der Waals surface area contributed by atoms with Crippen LogP contribution in [-0.4, -0.2) is 18.5 Å². The van der Waals surface area contributed by atoms with Gasteiger partial charge in [0, 0.05) is 10.8 Å². The van der Waals surface area contributed by atoms with Gasteiger partial charge in [0.2, 0.25) is 0 Å². The average molecular weight is 344 g/mol. The Bertz CT molecular complexity index is 383. The quantitative estimate of drug-likeness (QED) is 0.390.